The van der Waals surface area contributed by atoms with Crippen LogP contribution in [-0.2, 0) is 11.3 Å². The van der Waals surface area contributed by atoms with E-state index in [1.54, 1.807) is 18.9 Å². The van der Waals surface area contributed by atoms with E-state index in [9.17, 15) is 4.79 Å². The van der Waals surface area contributed by atoms with Gasteiger partial charge in [0.25, 0.3) is 5.56 Å². The minimum atomic E-state index is -0.324. The van der Waals surface area contributed by atoms with Gasteiger partial charge in [0.1, 0.15) is 11.8 Å². The second-order valence-electron chi connectivity index (χ2n) is 7.90. The van der Waals surface area contributed by atoms with Gasteiger partial charge in [-0.05, 0) is 59.3 Å². The van der Waals surface area contributed by atoms with Crippen molar-refractivity contribution in [1.82, 2.24) is 30.1 Å². The van der Waals surface area contributed by atoms with E-state index in [-0.39, 0.29) is 11.6 Å². The van der Waals surface area contributed by atoms with Crippen LogP contribution in [0.25, 0.3) is 10.9 Å². The number of nitrogens with zero attached hydrogens (tertiary/aromatic N) is 5. The second kappa shape index (κ2) is 8.93. The van der Waals surface area contributed by atoms with Crippen LogP contribution in [0.15, 0.2) is 29.1 Å². The third kappa shape index (κ3) is 4.08. The zero-order valence-corrected chi connectivity index (χ0v) is 17.7. The molecule has 2 atom stereocenters. The molecule has 0 saturated carbocycles. The summed E-state index contributed by atoms with van der Waals surface area (Å²) in [7, 11) is 3.26. The number of H-pyrrole nitrogens is 1. The zero-order chi connectivity index (χ0) is 21.1. The maximum absolute atomic E-state index is 13.2. The molecule has 9 heteroatoms. The van der Waals surface area contributed by atoms with Gasteiger partial charge in [0.15, 0.2) is 5.82 Å². The molecule has 160 valence electrons. The monoisotopic (exact) mass is 412 g/mol. The number of hydrogen-bond acceptors (Lipinski definition) is 7. The van der Waals surface area contributed by atoms with Crippen LogP contribution in [0.3, 0.4) is 0 Å². The van der Waals surface area contributed by atoms with Crippen LogP contribution in [0.2, 0.25) is 0 Å². The normalized spacial score (nSPS) is 18.6. The van der Waals surface area contributed by atoms with Gasteiger partial charge in [-0.25, -0.2) is 4.68 Å². The van der Waals surface area contributed by atoms with E-state index in [2.05, 4.69) is 32.3 Å². The topological polar surface area (TPSA) is 98.2 Å². The Bertz CT molecular complexity index is 1060. The van der Waals surface area contributed by atoms with Crippen molar-refractivity contribution in [1.29, 1.82) is 0 Å². The molecular weight excluding hydrogens is 384 g/mol. The average molecular weight is 412 g/mol. The first kappa shape index (κ1) is 20.5. The van der Waals surface area contributed by atoms with E-state index >= 15 is 0 Å². The fourth-order valence-electron chi connectivity index (χ4n) is 4.23. The number of aromatic nitrogens is 5. The molecule has 0 amide bonds. The number of methoxy groups -OCH3 is 2. The molecule has 3 heterocycles. The lowest BCUT2D eigenvalue weighted by atomic mass is 9.95. The fourth-order valence-corrected chi connectivity index (χ4v) is 4.23. The molecule has 3 aromatic rings. The summed E-state index contributed by atoms with van der Waals surface area (Å²) in [5.74, 6) is 1.92. The number of fused-ring (bicyclic) bond motifs is 1. The highest BCUT2D eigenvalue weighted by molar-refractivity contribution is 5.80. The summed E-state index contributed by atoms with van der Waals surface area (Å²) in [6.07, 6.45) is 2.27. The lowest BCUT2D eigenvalue weighted by Crippen LogP contribution is -2.41. The summed E-state index contributed by atoms with van der Waals surface area (Å²) in [5.41, 5.74) is 1.25. The maximum atomic E-state index is 13.2. The van der Waals surface area contributed by atoms with E-state index in [0.29, 0.717) is 36.2 Å². The molecule has 4 rings (SSSR count). The van der Waals surface area contributed by atoms with E-state index in [0.717, 1.165) is 30.4 Å². The molecule has 9 nitrogen and oxygen atoms in total. The van der Waals surface area contributed by atoms with Gasteiger partial charge in [-0.15, -0.1) is 5.10 Å². The summed E-state index contributed by atoms with van der Waals surface area (Å²) in [4.78, 5) is 18.5. The summed E-state index contributed by atoms with van der Waals surface area (Å²) >= 11 is 0. The predicted molar refractivity (Wildman–Crippen MR) is 113 cm³/mol. The van der Waals surface area contributed by atoms with Crippen LogP contribution in [0.5, 0.6) is 5.75 Å². The molecule has 0 aliphatic carbocycles. The first-order chi connectivity index (χ1) is 14.6. The van der Waals surface area contributed by atoms with Gasteiger partial charge in [-0.2, -0.15) is 0 Å². The first-order valence-electron chi connectivity index (χ1n) is 10.3. The van der Waals surface area contributed by atoms with Crippen molar-refractivity contribution in [2.45, 2.75) is 32.4 Å². The van der Waals surface area contributed by atoms with Gasteiger partial charge in [-0.1, -0.05) is 6.92 Å². The average Bonchev–Trinajstić information content (AvgIpc) is 3.20. The van der Waals surface area contributed by atoms with Gasteiger partial charge >= 0.3 is 0 Å². The Labute approximate surface area is 175 Å². The number of pyridine rings is 1. The Morgan fingerprint density at radius 3 is 2.93 bits per heavy atom. The van der Waals surface area contributed by atoms with Crippen molar-refractivity contribution in [2.24, 2.45) is 5.92 Å². The molecule has 1 aromatic carbocycles. The van der Waals surface area contributed by atoms with Crippen molar-refractivity contribution in [3.05, 3.63) is 46.0 Å². The third-order valence-electron chi connectivity index (χ3n) is 5.74. The molecule has 1 aliphatic rings. The van der Waals surface area contributed by atoms with E-state index < -0.39 is 0 Å². The molecule has 0 bridgehead atoms. The lowest BCUT2D eigenvalue weighted by Gasteiger charge is -2.36. The van der Waals surface area contributed by atoms with Crippen LogP contribution in [-0.4, -0.2) is 64.0 Å². The lowest BCUT2D eigenvalue weighted by molar-refractivity contribution is 0.137. The minimum absolute atomic E-state index is 0.139. The number of hydrogen-bond donors (Lipinski definition) is 1. The molecule has 1 aliphatic heterocycles. The third-order valence-corrected chi connectivity index (χ3v) is 5.74. The van der Waals surface area contributed by atoms with Crippen LogP contribution >= 0.6 is 0 Å². The van der Waals surface area contributed by atoms with Gasteiger partial charge in [0.2, 0.25) is 0 Å². The van der Waals surface area contributed by atoms with Gasteiger partial charge in [0, 0.05) is 25.3 Å². The quantitative estimate of drug-likeness (QED) is 0.634. The largest absolute Gasteiger partial charge is 0.497 e. The van der Waals surface area contributed by atoms with Crippen molar-refractivity contribution < 1.29 is 9.47 Å². The number of aromatic amines is 1. The molecule has 2 aromatic heterocycles. The van der Waals surface area contributed by atoms with Crippen LogP contribution in [0.4, 0.5) is 0 Å². The predicted octanol–water partition coefficient (Wildman–Crippen LogP) is 1.99. The van der Waals surface area contributed by atoms with Crippen LogP contribution in [0, 0.1) is 5.92 Å². The Balaban J connectivity index is 1.82. The summed E-state index contributed by atoms with van der Waals surface area (Å²) in [6.45, 7) is 5.05. The van der Waals surface area contributed by atoms with E-state index in [1.807, 2.05) is 24.3 Å². The first-order valence-corrected chi connectivity index (χ1v) is 10.3. The molecule has 2 unspecified atom stereocenters. The molecular formula is C21H28N6O3. The number of tetrazole rings is 1. The van der Waals surface area contributed by atoms with Crippen LogP contribution in [0.1, 0.15) is 37.2 Å². The molecule has 1 N–H and O–H groups in total. The SMILES string of the molecule is COCCn1nnnc1C(c1cc2ccc(OC)cc2[nH]c1=O)N1CCCC(C)C1. The Kier molecular flexibility index (Phi) is 6.10. The van der Waals surface area contributed by atoms with Gasteiger partial charge in [0.05, 0.1) is 25.8 Å². The number of piperidine rings is 1. The minimum Gasteiger partial charge on any atom is -0.497 e. The van der Waals surface area contributed by atoms with Crippen molar-refractivity contribution in [3.8, 4) is 5.75 Å². The number of benzene rings is 1. The molecule has 30 heavy (non-hydrogen) atoms. The standard InChI is InChI=1S/C21H28N6O3/c1-14-5-4-8-26(13-14)19(20-23-24-25-27(20)9-10-29-2)17-11-15-6-7-16(30-3)12-18(15)22-21(17)28/h6-7,11-12,14,19H,4-5,8-10,13H2,1-3H3,(H,22,28). The Hall–Kier alpha value is -2.78. The van der Waals surface area contributed by atoms with Crippen molar-refractivity contribution in [3.63, 3.8) is 0 Å². The zero-order valence-electron chi connectivity index (χ0n) is 17.7. The number of rotatable bonds is 7. The molecule has 0 radical (unpaired) electrons. The van der Waals surface area contributed by atoms with Crippen LogP contribution < -0.4 is 10.3 Å². The highest BCUT2D eigenvalue weighted by atomic mass is 16.5. The van der Waals surface area contributed by atoms with E-state index in [4.69, 9.17) is 9.47 Å². The van der Waals surface area contributed by atoms with Crippen molar-refractivity contribution in [2.75, 3.05) is 33.9 Å². The maximum Gasteiger partial charge on any atom is 0.253 e. The smallest absolute Gasteiger partial charge is 0.253 e. The summed E-state index contributed by atoms with van der Waals surface area (Å²) in [6, 6.07) is 7.31. The Morgan fingerprint density at radius 2 is 2.17 bits per heavy atom. The number of ether oxygens (including phenoxy) is 2. The number of likely N-dealkylation sites (tertiary alicyclic amines) is 1. The Morgan fingerprint density at radius 1 is 1.30 bits per heavy atom. The van der Waals surface area contributed by atoms with Gasteiger partial charge in [-0.3, -0.25) is 9.69 Å². The summed E-state index contributed by atoms with van der Waals surface area (Å²) in [5, 5.41) is 13.3. The molecule has 1 fully saturated rings. The van der Waals surface area contributed by atoms with Gasteiger partial charge < -0.3 is 14.5 Å². The molecule has 0 spiro atoms. The highest BCUT2D eigenvalue weighted by Crippen LogP contribution is 2.31. The summed E-state index contributed by atoms with van der Waals surface area (Å²) < 4.78 is 12.2. The highest BCUT2D eigenvalue weighted by Gasteiger charge is 2.32. The fraction of sp³-hybridized carbons (Fsp3) is 0.524. The molecule has 1 saturated heterocycles. The van der Waals surface area contributed by atoms with E-state index in [1.165, 1.54) is 6.42 Å². The second-order valence-corrected chi connectivity index (χ2v) is 7.90. The number of nitrogens with one attached hydrogen (secondary N) is 1. The van der Waals surface area contributed by atoms with Crippen molar-refractivity contribution >= 4 is 10.9 Å².